The SMILES string of the molecule is COC(=O)C1=C[C@@H](O)[C@@H](O)[C@H](O)C1Oc1c(Cl)c(C)c(Cl)c2c1C(=O)C1(O2)C(OC)=CC(=O)C=C1C(=O)OC. The largest absolute Gasteiger partial charge is 0.496 e. The van der Waals surface area contributed by atoms with Gasteiger partial charge in [-0.15, -0.1) is 0 Å². The molecule has 4 rings (SSSR count). The lowest BCUT2D eigenvalue weighted by Gasteiger charge is -2.34. The lowest BCUT2D eigenvalue weighted by Crippen LogP contribution is -2.52. The van der Waals surface area contributed by atoms with E-state index in [0.29, 0.717) is 0 Å². The number of fused-ring (bicyclic) bond motifs is 1. The number of rotatable bonds is 5. The molecule has 14 heteroatoms. The Balaban J connectivity index is 1.95. The van der Waals surface area contributed by atoms with E-state index < -0.39 is 70.4 Å². The highest BCUT2D eigenvalue weighted by Crippen LogP contribution is 2.55. The topological polar surface area (TPSA) is 175 Å². The third-order valence-corrected chi connectivity index (χ3v) is 7.47. The van der Waals surface area contributed by atoms with Crippen LogP contribution in [0.5, 0.6) is 11.5 Å². The molecule has 208 valence electrons. The number of ketones is 2. The summed E-state index contributed by atoms with van der Waals surface area (Å²) < 4.78 is 26.7. The van der Waals surface area contributed by atoms with Crippen molar-refractivity contribution in [1.29, 1.82) is 0 Å². The number of esters is 2. The molecule has 1 spiro atoms. The minimum Gasteiger partial charge on any atom is -0.496 e. The summed E-state index contributed by atoms with van der Waals surface area (Å²) in [6.45, 7) is 1.46. The number of methoxy groups -OCH3 is 3. The molecule has 0 amide bonds. The number of halogens is 2. The van der Waals surface area contributed by atoms with E-state index in [-0.39, 0.29) is 32.7 Å². The highest BCUT2D eigenvalue weighted by atomic mass is 35.5. The first kappa shape index (κ1) is 28.6. The Morgan fingerprint density at radius 3 is 2.21 bits per heavy atom. The van der Waals surface area contributed by atoms with Crippen molar-refractivity contribution in [3.8, 4) is 11.5 Å². The van der Waals surface area contributed by atoms with Crippen LogP contribution < -0.4 is 9.47 Å². The number of hydrogen-bond acceptors (Lipinski definition) is 12. The summed E-state index contributed by atoms with van der Waals surface area (Å²) in [6, 6.07) is 0. The highest BCUT2D eigenvalue weighted by Gasteiger charge is 2.61. The molecule has 0 fully saturated rings. The molecule has 2 aliphatic carbocycles. The molecule has 0 bridgehead atoms. The third kappa shape index (κ3) is 4.19. The molecule has 3 aliphatic rings. The van der Waals surface area contributed by atoms with Crippen LogP contribution in [-0.2, 0) is 28.6 Å². The van der Waals surface area contributed by atoms with Gasteiger partial charge in [0.25, 0.3) is 5.60 Å². The highest BCUT2D eigenvalue weighted by molar-refractivity contribution is 6.40. The monoisotopic (exact) mass is 584 g/mol. The van der Waals surface area contributed by atoms with Gasteiger partial charge in [-0.3, -0.25) is 9.59 Å². The quantitative estimate of drug-likeness (QED) is 0.415. The van der Waals surface area contributed by atoms with E-state index in [9.17, 15) is 34.5 Å². The number of Topliss-reactive ketones (excluding diaryl/α,β-unsaturated/α-hetero) is 1. The standard InChI is InChI=1S/C25H22Cl2O12/c1-8-15(26)20(38-19-10(23(33)36-3)7-12(29)17(30)18(19)31)14-21(16(8)27)39-25(22(14)32)11(24(34)37-4)5-9(28)6-13(25)35-2/h5-7,12,17-19,29-31H,1-4H3/t12-,17-,18+,19?,25?/m1/s1. The Bertz CT molecular complexity index is 1390. The number of carbonyl (C=O) groups excluding carboxylic acids is 4. The van der Waals surface area contributed by atoms with Gasteiger partial charge >= 0.3 is 11.9 Å². The average molecular weight is 585 g/mol. The van der Waals surface area contributed by atoms with E-state index in [1.54, 1.807) is 0 Å². The molecule has 2 unspecified atom stereocenters. The number of carbonyl (C=O) groups is 4. The Hall–Kier alpha value is -3.42. The molecule has 0 radical (unpaired) electrons. The second kappa shape index (κ2) is 10.3. The van der Waals surface area contributed by atoms with Crippen LogP contribution in [0.15, 0.2) is 35.1 Å². The third-order valence-electron chi connectivity index (χ3n) is 6.56. The van der Waals surface area contributed by atoms with E-state index >= 15 is 0 Å². The van der Waals surface area contributed by atoms with Crippen LogP contribution in [-0.4, -0.2) is 90.2 Å². The molecule has 1 aromatic carbocycles. The van der Waals surface area contributed by atoms with Crippen molar-refractivity contribution in [2.45, 2.75) is 36.9 Å². The van der Waals surface area contributed by atoms with Gasteiger partial charge in [0.2, 0.25) is 5.78 Å². The van der Waals surface area contributed by atoms with Gasteiger partial charge in [0.05, 0.1) is 36.9 Å². The first-order chi connectivity index (χ1) is 18.3. The molecule has 1 aliphatic heterocycles. The Morgan fingerprint density at radius 1 is 0.974 bits per heavy atom. The fourth-order valence-corrected chi connectivity index (χ4v) is 5.07. The average Bonchev–Trinajstić information content (AvgIpc) is 3.22. The Labute approximate surface area is 230 Å². The van der Waals surface area contributed by atoms with Crippen molar-refractivity contribution in [3.05, 3.63) is 56.3 Å². The fourth-order valence-electron chi connectivity index (χ4n) is 4.56. The summed E-state index contributed by atoms with van der Waals surface area (Å²) >= 11 is 13.0. The Morgan fingerprint density at radius 2 is 1.62 bits per heavy atom. The lowest BCUT2D eigenvalue weighted by molar-refractivity contribution is -0.141. The van der Waals surface area contributed by atoms with Crippen molar-refractivity contribution in [2.75, 3.05) is 21.3 Å². The van der Waals surface area contributed by atoms with Crippen LogP contribution in [0.4, 0.5) is 0 Å². The lowest BCUT2D eigenvalue weighted by atomic mass is 9.81. The minimum atomic E-state index is -2.36. The van der Waals surface area contributed by atoms with E-state index in [1.165, 1.54) is 6.92 Å². The maximum absolute atomic E-state index is 14.2. The number of allylic oxidation sites excluding steroid dienone is 2. The molecular formula is C25H22Cl2O12. The van der Waals surface area contributed by atoms with Gasteiger partial charge in [-0.05, 0) is 18.6 Å². The van der Waals surface area contributed by atoms with Crippen LogP contribution in [0.25, 0.3) is 0 Å². The molecule has 0 aromatic heterocycles. The van der Waals surface area contributed by atoms with Crippen LogP contribution >= 0.6 is 23.2 Å². The summed E-state index contributed by atoms with van der Waals surface area (Å²) in [5.41, 5.74) is -3.53. The molecule has 3 N–H and O–H groups in total. The maximum Gasteiger partial charge on any atom is 0.338 e. The number of aliphatic hydroxyl groups is 3. The zero-order valence-electron chi connectivity index (χ0n) is 20.8. The smallest absolute Gasteiger partial charge is 0.338 e. The minimum absolute atomic E-state index is 0.143. The van der Waals surface area contributed by atoms with Crippen LogP contribution in [0.2, 0.25) is 10.0 Å². The van der Waals surface area contributed by atoms with Gasteiger partial charge in [-0.1, -0.05) is 23.2 Å². The second-order valence-electron chi connectivity index (χ2n) is 8.69. The molecule has 0 saturated carbocycles. The fraction of sp³-hybridized carbons (Fsp3) is 0.360. The molecule has 1 aromatic rings. The summed E-state index contributed by atoms with van der Waals surface area (Å²) in [5, 5.41) is 30.6. The van der Waals surface area contributed by atoms with Gasteiger partial charge in [-0.25, -0.2) is 9.59 Å². The molecule has 5 atom stereocenters. The van der Waals surface area contributed by atoms with Gasteiger partial charge in [0, 0.05) is 12.2 Å². The number of aliphatic hydroxyl groups excluding tert-OH is 3. The number of benzene rings is 1. The van der Waals surface area contributed by atoms with Gasteiger partial charge < -0.3 is 39.0 Å². The summed E-state index contributed by atoms with van der Waals surface area (Å²) in [7, 11) is 3.23. The van der Waals surface area contributed by atoms with Crippen molar-refractivity contribution < 1.29 is 58.2 Å². The predicted molar refractivity (Wildman–Crippen MR) is 132 cm³/mol. The maximum atomic E-state index is 14.2. The van der Waals surface area contributed by atoms with Crippen molar-refractivity contribution >= 4 is 46.7 Å². The van der Waals surface area contributed by atoms with Crippen LogP contribution in [0.3, 0.4) is 0 Å². The molecule has 39 heavy (non-hydrogen) atoms. The van der Waals surface area contributed by atoms with E-state index in [4.69, 9.17) is 46.9 Å². The molecular weight excluding hydrogens is 563 g/mol. The summed E-state index contributed by atoms with van der Waals surface area (Å²) in [6.07, 6.45) is -4.28. The van der Waals surface area contributed by atoms with Crippen LogP contribution in [0, 0.1) is 6.92 Å². The number of ether oxygens (including phenoxy) is 5. The number of hydrogen-bond donors (Lipinski definition) is 3. The zero-order chi connectivity index (χ0) is 29.0. The summed E-state index contributed by atoms with van der Waals surface area (Å²) in [5.74, 6) is -4.87. The van der Waals surface area contributed by atoms with E-state index in [1.807, 2.05) is 0 Å². The first-order valence-electron chi connectivity index (χ1n) is 11.2. The van der Waals surface area contributed by atoms with Gasteiger partial charge in [0.1, 0.15) is 29.4 Å². The van der Waals surface area contributed by atoms with Crippen molar-refractivity contribution in [1.82, 2.24) is 0 Å². The van der Waals surface area contributed by atoms with Crippen molar-refractivity contribution in [3.63, 3.8) is 0 Å². The normalized spacial score (nSPS) is 27.7. The van der Waals surface area contributed by atoms with E-state index in [0.717, 1.165) is 39.6 Å². The predicted octanol–water partition coefficient (Wildman–Crippen LogP) is 0.771. The van der Waals surface area contributed by atoms with E-state index in [2.05, 4.69) is 0 Å². The van der Waals surface area contributed by atoms with Crippen molar-refractivity contribution in [2.24, 2.45) is 0 Å². The zero-order valence-corrected chi connectivity index (χ0v) is 22.3. The van der Waals surface area contributed by atoms with Gasteiger partial charge in [-0.2, -0.15) is 0 Å². The first-order valence-corrected chi connectivity index (χ1v) is 12.0. The van der Waals surface area contributed by atoms with Crippen LogP contribution in [0.1, 0.15) is 15.9 Å². The van der Waals surface area contributed by atoms with Gasteiger partial charge in [0.15, 0.2) is 29.1 Å². The molecule has 1 heterocycles. The summed E-state index contributed by atoms with van der Waals surface area (Å²) in [4.78, 5) is 51.6. The second-order valence-corrected chi connectivity index (χ2v) is 9.44. The Kier molecular flexibility index (Phi) is 7.54. The molecule has 12 nitrogen and oxygen atoms in total. The molecule has 0 saturated heterocycles.